The Morgan fingerprint density at radius 1 is 1.15 bits per heavy atom. The number of hydrogen-bond donors (Lipinski definition) is 0. The van der Waals surface area contributed by atoms with Crippen LogP contribution in [0.2, 0.25) is 0 Å². The van der Waals surface area contributed by atoms with Crippen LogP contribution in [0.25, 0.3) is 0 Å². The lowest BCUT2D eigenvalue weighted by molar-refractivity contribution is -0.141. The van der Waals surface area contributed by atoms with Gasteiger partial charge in [-0.3, -0.25) is 0 Å². The maximum Gasteiger partial charge on any atom is 0.0519 e. The van der Waals surface area contributed by atoms with Crippen LogP contribution in [0.5, 0.6) is 0 Å². The van der Waals surface area contributed by atoms with E-state index in [1.165, 1.54) is 0 Å². The molecule has 2 aliphatic rings. The minimum absolute atomic E-state index is 0.725. The van der Waals surface area contributed by atoms with Gasteiger partial charge in [0.2, 0.25) is 0 Å². The topological polar surface area (TPSA) is 18.5 Å². The second kappa shape index (κ2) is 3.97. The van der Waals surface area contributed by atoms with Gasteiger partial charge < -0.3 is 9.47 Å². The lowest BCUT2D eigenvalue weighted by Crippen LogP contribution is -2.47. The van der Waals surface area contributed by atoms with Crippen molar-refractivity contribution >= 4 is 0 Å². The number of rotatable bonds is 4. The van der Waals surface area contributed by atoms with Crippen molar-refractivity contribution in [1.29, 1.82) is 0 Å². The molecule has 75 valence electrons. The van der Waals surface area contributed by atoms with Gasteiger partial charge in [-0.1, -0.05) is 20.3 Å². The van der Waals surface area contributed by atoms with Crippen molar-refractivity contribution in [3.63, 3.8) is 0 Å². The largest absolute Gasteiger partial charge is 0.381 e. The molecule has 2 fully saturated rings. The molecule has 2 heterocycles. The van der Waals surface area contributed by atoms with Crippen LogP contribution in [0.4, 0.5) is 0 Å². The highest BCUT2D eigenvalue weighted by atomic mass is 16.5. The van der Waals surface area contributed by atoms with Gasteiger partial charge in [0.25, 0.3) is 0 Å². The molecule has 2 nitrogen and oxygen atoms in total. The molecule has 2 heteroatoms. The second-order valence-electron chi connectivity index (χ2n) is 4.44. The molecule has 2 saturated heterocycles. The van der Waals surface area contributed by atoms with Gasteiger partial charge in [-0.15, -0.1) is 0 Å². The summed E-state index contributed by atoms with van der Waals surface area (Å²) in [4.78, 5) is 0. The molecule has 0 aromatic rings. The van der Waals surface area contributed by atoms with E-state index in [9.17, 15) is 0 Å². The lowest BCUT2D eigenvalue weighted by Gasteiger charge is -2.44. The molecule has 2 rings (SSSR count). The van der Waals surface area contributed by atoms with Gasteiger partial charge in [-0.25, -0.2) is 0 Å². The monoisotopic (exact) mass is 183 g/mol. The third kappa shape index (κ3) is 1.75. The van der Waals surface area contributed by atoms with Gasteiger partial charge in [-0.2, -0.15) is 0 Å². The minimum atomic E-state index is 0.725. The summed E-state index contributed by atoms with van der Waals surface area (Å²) >= 11 is 0. The fourth-order valence-corrected chi connectivity index (χ4v) is 2.46. The van der Waals surface area contributed by atoms with Crippen LogP contribution in [0.1, 0.15) is 13.3 Å². The Morgan fingerprint density at radius 2 is 1.62 bits per heavy atom. The fraction of sp³-hybridized carbons (Fsp3) is 0.909. The molecular formula is C11H19O2. The normalized spacial score (nSPS) is 27.0. The van der Waals surface area contributed by atoms with E-state index in [1.807, 2.05) is 0 Å². The molecular weight excluding hydrogens is 164 g/mol. The van der Waals surface area contributed by atoms with E-state index in [1.54, 1.807) is 0 Å². The highest BCUT2D eigenvalue weighted by Gasteiger charge is 2.39. The van der Waals surface area contributed by atoms with Gasteiger partial charge in [0.15, 0.2) is 0 Å². The van der Waals surface area contributed by atoms with Gasteiger partial charge in [0.1, 0.15) is 0 Å². The fourth-order valence-electron chi connectivity index (χ4n) is 2.46. The van der Waals surface area contributed by atoms with E-state index < -0.39 is 0 Å². The zero-order chi connectivity index (χ0) is 9.26. The Kier molecular flexibility index (Phi) is 2.89. The molecule has 0 aliphatic carbocycles. The maximum absolute atomic E-state index is 5.27. The van der Waals surface area contributed by atoms with E-state index in [0.29, 0.717) is 0 Å². The van der Waals surface area contributed by atoms with E-state index in [-0.39, 0.29) is 0 Å². The predicted molar refractivity (Wildman–Crippen MR) is 51.2 cm³/mol. The van der Waals surface area contributed by atoms with Crippen LogP contribution in [0.3, 0.4) is 0 Å². The molecule has 0 aromatic carbocycles. The van der Waals surface area contributed by atoms with Crippen LogP contribution >= 0.6 is 0 Å². The first-order chi connectivity index (χ1) is 6.33. The van der Waals surface area contributed by atoms with E-state index in [2.05, 4.69) is 13.8 Å². The highest BCUT2D eigenvalue weighted by molar-refractivity contribution is 4.87. The van der Waals surface area contributed by atoms with Gasteiger partial charge in [0, 0.05) is 11.8 Å². The van der Waals surface area contributed by atoms with Crippen molar-refractivity contribution in [1.82, 2.24) is 0 Å². The van der Waals surface area contributed by atoms with Crippen LogP contribution in [-0.4, -0.2) is 26.4 Å². The summed E-state index contributed by atoms with van der Waals surface area (Å²) in [5, 5.41) is 0. The van der Waals surface area contributed by atoms with Crippen molar-refractivity contribution in [2.45, 2.75) is 13.3 Å². The quantitative estimate of drug-likeness (QED) is 0.661. The summed E-state index contributed by atoms with van der Waals surface area (Å²) in [5.41, 5.74) is 0. The van der Waals surface area contributed by atoms with Crippen LogP contribution in [-0.2, 0) is 9.47 Å². The molecule has 2 aliphatic heterocycles. The Hall–Kier alpha value is -0.0800. The molecule has 0 amide bonds. The van der Waals surface area contributed by atoms with Crippen LogP contribution < -0.4 is 0 Å². The van der Waals surface area contributed by atoms with E-state index in [4.69, 9.17) is 9.47 Å². The average molecular weight is 183 g/mol. The molecule has 0 bridgehead atoms. The van der Waals surface area contributed by atoms with Crippen molar-refractivity contribution in [2.75, 3.05) is 26.4 Å². The summed E-state index contributed by atoms with van der Waals surface area (Å²) in [7, 11) is 0. The Balaban J connectivity index is 1.92. The zero-order valence-corrected chi connectivity index (χ0v) is 8.37. The number of ether oxygens (including phenoxy) is 2. The molecule has 1 atom stereocenters. The van der Waals surface area contributed by atoms with E-state index in [0.717, 1.165) is 56.5 Å². The average Bonchev–Trinajstić information content (AvgIpc) is 1.95. The summed E-state index contributed by atoms with van der Waals surface area (Å²) in [6.07, 6.45) is 1.04. The van der Waals surface area contributed by atoms with Crippen LogP contribution in [0.15, 0.2) is 0 Å². The number of hydrogen-bond acceptors (Lipinski definition) is 2. The Labute approximate surface area is 80.6 Å². The molecule has 13 heavy (non-hydrogen) atoms. The highest BCUT2D eigenvalue weighted by Crippen LogP contribution is 2.38. The predicted octanol–water partition coefficient (Wildman–Crippen LogP) is 1.76. The molecule has 1 unspecified atom stereocenters. The smallest absolute Gasteiger partial charge is 0.0519 e. The Morgan fingerprint density at radius 3 is 1.85 bits per heavy atom. The summed E-state index contributed by atoms with van der Waals surface area (Å²) in [6, 6.07) is 0. The van der Waals surface area contributed by atoms with Crippen molar-refractivity contribution in [3.05, 3.63) is 6.92 Å². The van der Waals surface area contributed by atoms with E-state index >= 15 is 0 Å². The molecule has 0 aromatic heterocycles. The first-order valence-electron chi connectivity index (χ1n) is 5.27. The lowest BCUT2D eigenvalue weighted by atomic mass is 9.71. The first kappa shape index (κ1) is 9.47. The van der Waals surface area contributed by atoms with Gasteiger partial charge in [0.05, 0.1) is 26.4 Å². The molecule has 1 radical (unpaired) electrons. The SMILES string of the molecule is [CH2]CC(C)C(C1COC1)C1COC1. The van der Waals surface area contributed by atoms with Crippen molar-refractivity contribution < 1.29 is 9.47 Å². The maximum atomic E-state index is 5.27. The second-order valence-corrected chi connectivity index (χ2v) is 4.44. The first-order valence-corrected chi connectivity index (χ1v) is 5.27. The molecule has 0 saturated carbocycles. The third-order valence-corrected chi connectivity index (χ3v) is 3.53. The molecule has 0 N–H and O–H groups in total. The Bertz CT molecular complexity index is 141. The van der Waals surface area contributed by atoms with Crippen molar-refractivity contribution in [2.24, 2.45) is 23.7 Å². The standard InChI is InChI=1S/C11H19O2/c1-3-8(2)11(9-4-12-5-9)10-6-13-7-10/h8-11H,1,3-7H2,2H3. The van der Waals surface area contributed by atoms with Gasteiger partial charge in [-0.05, 0) is 11.8 Å². The zero-order valence-electron chi connectivity index (χ0n) is 8.37. The van der Waals surface area contributed by atoms with Crippen LogP contribution in [0, 0.1) is 30.6 Å². The third-order valence-electron chi connectivity index (χ3n) is 3.53. The van der Waals surface area contributed by atoms with Gasteiger partial charge >= 0.3 is 0 Å². The summed E-state index contributed by atoms with van der Waals surface area (Å²) < 4.78 is 10.5. The van der Waals surface area contributed by atoms with Crippen molar-refractivity contribution in [3.8, 4) is 0 Å². The summed E-state index contributed by atoms with van der Waals surface area (Å²) in [6.45, 7) is 10.2. The minimum Gasteiger partial charge on any atom is -0.381 e. The molecule has 0 spiro atoms. The summed E-state index contributed by atoms with van der Waals surface area (Å²) in [5.74, 6) is 3.08.